The zero-order valence-corrected chi connectivity index (χ0v) is 8.63. The van der Waals surface area contributed by atoms with Crippen molar-refractivity contribution >= 4 is 16.7 Å². The molecular weight excluding hydrogens is 217 g/mol. The van der Waals surface area contributed by atoms with Gasteiger partial charge < -0.3 is 10.7 Å². The van der Waals surface area contributed by atoms with Gasteiger partial charge >= 0.3 is 0 Å². The van der Waals surface area contributed by atoms with Crippen molar-refractivity contribution in [1.82, 2.24) is 9.97 Å². The molecule has 0 aliphatic carbocycles. The molecule has 0 saturated carbocycles. The summed E-state index contributed by atoms with van der Waals surface area (Å²) in [6.45, 7) is 0. The number of aromatic nitrogens is 2. The number of halogens is 1. The second-order valence-corrected chi connectivity index (χ2v) is 3.54. The Morgan fingerprint density at radius 3 is 3.06 bits per heavy atom. The molecule has 0 unspecified atom stereocenters. The number of nitrogens with one attached hydrogen (secondary N) is 1. The van der Waals surface area contributed by atoms with Crippen molar-refractivity contribution in [3.8, 4) is 11.4 Å². The van der Waals surface area contributed by atoms with E-state index < -0.39 is 23.9 Å². The molecule has 3 aromatic rings. The number of para-hydroxylation sites is 2. The molecule has 17 heavy (non-hydrogen) atoms. The molecule has 1 aromatic heterocycles. The number of rotatable bonds is 2. The molecule has 0 aliphatic rings. The topological polar surface area (TPSA) is 54.7 Å². The first-order valence-corrected chi connectivity index (χ1v) is 4.96. The molecule has 3 nitrogen and oxygen atoms in total. The lowest BCUT2D eigenvalue weighted by molar-refractivity contribution is 0.628. The van der Waals surface area contributed by atoms with E-state index in [9.17, 15) is 4.39 Å². The van der Waals surface area contributed by atoms with E-state index in [2.05, 4.69) is 9.97 Å². The predicted molar refractivity (Wildman–Crippen MR) is 65.9 cm³/mol. The Balaban J connectivity index is 2.35. The summed E-state index contributed by atoms with van der Waals surface area (Å²) in [4.78, 5) is 7.23. The summed E-state index contributed by atoms with van der Waals surface area (Å²) in [5.74, 6) is -0.910. The highest BCUT2D eigenvalue weighted by Gasteiger charge is 2.08. The van der Waals surface area contributed by atoms with Crippen LogP contribution in [0.1, 0.15) is 4.11 Å². The Morgan fingerprint density at radius 2 is 2.24 bits per heavy atom. The van der Waals surface area contributed by atoms with E-state index in [0.717, 1.165) is 0 Å². The van der Waals surface area contributed by atoms with Gasteiger partial charge in [-0.3, -0.25) is 0 Å². The van der Waals surface area contributed by atoms with Gasteiger partial charge in [0.1, 0.15) is 11.6 Å². The van der Waals surface area contributed by atoms with Gasteiger partial charge in [0.25, 0.3) is 0 Å². The summed E-state index contributed by atoms with van der Waals surface area (Å²) in [5, 5.41) is 0. The van der Waals surface area contributed by atoms with Crippen molar-refractivity contribution in [2.45, 2.75) is 0 Å². The van der Waals surface area contributed by atoms with Crippen LogP contribution in [-0.4, -0.2) is 9.97 Å². The lowest BCUT2D eigenvalue weighted by Gasteiger charge is -2.01. The van der Waals surface area contributed by atoms with Crippen LogP contribution in [0.3, 0.4) is 0 Å². The summed E-state index contributed by atoms with van der Waals surface area (Å²) in [5.41, 5.74) is 3.18. The summed E-state index contributed by atoms with van der Waals surface area (Å²) in [6, 6.07) is 5.43. The van der Waals surface area contributed by atoms with Crippen LogP contribution in [0.4, 0.5) is 10.1 Å². The van der Waals surface area contributed by atoms with E-state index in [1.807, 2.05) is 11.8 Å². The average molecular weight is 231 g/mol. The highest BCUT2D eigenvalue weighted by atomic mass is 19.1. The van der Waals surface area contributed by atoms with Crippen LogP contribution in [0.5, 0.6) is 0 Å². The summed E-state index contributed by atoms with van der Waals surface area (Å²) in [7, 11) is 0. The van der Waals surface area contributed by atoms with Gasteiger partial charge in [0.05, 0.1) is 15.1 Å². The number of nitrogens with zero attached hydrogens (tertiary/aromatic N) is 1. The highest BCUT2D eigenvalue weighted by molar-refractivity contribution is 5.82. The van der Waals surface area contributed by atoms with Crippen LogP contribution < -0.4 is 5.73 Å². The minimum Gasteiger partial charge on any atom is -0.398 e. The molecular formula is C13H10FN3. The minimum absolute atomic E-state index is 0.0394. The molecule has 3 rings (SSSR count). The summed E-state index contributed by atoms with van der Waals surface area (Å²) in [6.07, 6.45) is 0. The quantitative estimate of drug-likeness (QED) is 0.666. The molecule has 0 radical (unpaired) electrons. The molecule has 0 bridgehead atoms. The zero-order chi connectivity index (χ0) is 15.1. The predicted octanol–water partition coefficient (Wildman–Crippen LogP) is 2.95. The second-order valence-electron chi connectivity index (χ2n) is 3.54. The van der Waals surface area contributed by atoms with Crippen LogP contribution >= 0.6 is 0 Å². The summed E-state index contributed by atoms with van der Waals surface area (Å²) < 4.78 is 44.1. The standard InChI is InChI=1S/C13H10FN3/c14-8-5-6-9(10(15)7-8)13-16-11-3-1-2-4-12(11)17-13/h1-7H,15H2,(H,16,17)/i5D,6D,7D/hD. The van der Waals surface area contributed by atoms with Gasteiger partial charge in [-0.1, -0.05) is 12.1 Å². The van der Waals surface area contributed by atoms with Crippen LogP contribution in [0.15, 0.2) is 42.4 Å². The van der Waals surface area contributed by atoms with Crippen molar-refractivity contribution in [3.05, 3.63) is 48.2 Å². The number of hydrogen-bond acceptors (Lipinski definition) is 2. The number of nitrogens with two attached hydrogens (primary N) is 1. The smallest absolute Gasteiger partial charge is 0.156 e. The Labute approximate surface area is 103 Å². The first kappa shape index (κ1) is 6.39. The SMILES string of the molecule is [2H]Nc1c([2H])c(F)c([2H])c([2H])c1-c1nc2ccccc2[nH]1. The Morgan fingerprint density at radius 1 is 1.35 bits per heavy atom. The number of benzene rings is 2. The maximum atomic E-state index is 13.7. The van der Waals surface area contributed by atoms with Crippen molar-refractivity contribution in [2.24, 2.45) is 0 Å². The molecule has 2 aromatic carbocycles. The number of hydrogen-bond donors (Lipinski definition) is 2. The van der Waals surface area contributed by atoms with Gasteiger partial charge in [-0.25, -0.2) is 9.37 Å². The van der Waals surface area contributed by atoms with Crippen molar-refractivity contribution in [1.29, 1.82) is 0 Å². The van der Waals surface area contributed by atoms with E-state index in [1.54, 1.807) is 18.2 Å². The number of imidazole rings is 1. The number of aromatic amines is 1. The van der Waals surface area contributed by atoms with Crippen LogP contribution in [0.2, 0.25) is 1.41 Å². The molecule has 0 fully saturated rings. The van der Waals surface area contributed by atoms with Crippen LogP contribution in [-0.2, 0) is 0 Å². The monoisotopic (exact) mass is 231 g/mol. The van der Waals surface area contributed by atoms with Gasteiger partial charge in [0.15, 0.2) is 1.41 Å². The molecule has 3 N–H and O–H groups in total. The number of H-pyrrole nitrogens is 1. The number of nitrogen functional groups attached to an aromatic ring is 1. The molecule has 0 amide bonds. The van der Waals surface area contributed by atoms with Crippen LogP contribution in [0.25, 0.3) is 22.4 Å². The van der Waals surface area contributed by atoms with Gasteiger partial charge in [-0.15, -0.1) is 0 Å². The fourth-order valence-electron chi connectivity index (χ4n) is 1.63. The largest absolute Gasteiger partial charge is 0.398 e. The second kappa shape index (κ2) is 3.59. The van der Waals surface area contributed by atoms with Gasteiger partial charge in [0, 0.05) is 11.3 Å². The molecule has 0 atom stereocenters. The maximum absolute atomic E-state index is 13.7. The van der Waals surface area contributed by atoms with Gasteiger partial charge in [0.2, 0.25) is 0 Å². The fraction of sp³-hybridized carbons (Fsp3) is 0. The molecule has 4 heteroatoms. The fourth-order valence-corrected chi connectivity index (χ4v) is 1.63. The van der Waals surface area contributed by atoms with Crippen molar-refractivity contribution in [3.63, 3.8) is 0 Å². The lowest BCUT2D eigenvalue weighted by atomic mass is 10.1. The van der Waals surface area contributed by atoms with Crippen molar-refractivity contribution in [2.75, 3.05) is 5.73 Å². The van der Waals surface area contributed by atoms with E-state index >= 15 is 0 Å². The van der Waals surface area contributed by atoms with E-state index in [1.165, 1.54) is 0 Å². The molecule has 0 saturated heterocycles. The third-order valence-electron chi connectivity index (χ3n) is 2.41. The van der Waals surface area contributed by atoms with E-state index in [0.29, 0.717) is 11.0 Å². The van der Waals surface area contributed by atoms with Crippen LogP contribution in [0, 0.1) is 5.82 Å². The first-order chi connectivity index (χ1) is 10.0. The Kier molecular flexibility index (Phi) is 1.35. The van der Waals surface area contributed by atoms with E-state index in [-0.39, 0.29) is 17.1 Å². The average Bonchev–Trinajstić information content (AvgIpc) is 2.91. The molecule has 84 valence electrons. The van der Waals surface area contributed by atoms with E-state index in [4.69, 9.17) is 5.52 Å². The molecule has 1 heterocycles. The third-order valence-corrected chi connectivity index (χ3v) is 2.41. The molecule has 0 aliphatic heterocycles. The van der Waals surface area contributed by atoms with Gasteiger partial charge in [-0.05, 0) is 30.3 Å². The minimum atomic E-state index is -1.13. The molecule has 0 spiro atoms. The van der Waals surface area contributed by atoms with Crippen molar-refractivity contribution < 1.29 is 9.91 Å². The highest BCUT2D eigenvalue weighted by Crippen LogP contribution is 2.25. The maximum Gasteiger partial charge on any atom is 0.156 e. The first-order valence-electron chi connectivity index (χ1n) is 6.96. The Bertz CT molecular complexity index is 814. The summed E-state index contributed by atoms with van der Waals surface area (Å²) >= 11 is 0. The Hall–Kier alpha value is -2.36. The number of anilines is 1. The normalized spacial score (nSPS) is 13.9. The van der Waals surface area contributed by atoms with Gasteiger partial charge in [-0.2, -0.15) is 0 Å². The third kappa shape index (κ3) is 1.63. The lowest BCUT2D eigenvalue weighted by Crippen LogP contribution is -1.92. The zero-order valence-electron chi connectivity index (χ0n) is 12.6. The number of fused-ring (bicyclic) bond motifs is 1.